The van der Waals surface area contributed by atoms with Crippen LogP contribution in [0.1, 0.15) is 21.7 Å². The van der Waals surface area contributed by atoms with Crippen molar-refractivity contribution in [1.82, 2.24) is 30.1 Å². The highest BCUT2D eigenvalue weighted by atomic mass is 16.1. The van der Waals surface area contributed by atoms with Gasteiger partial charge in [0.2, 0.25) is 0 Å². The Hall–Kier alpha value is -3.87. The first-order valence-corrected chi connectivity index (χ1v) is 9.16. The Balaban J connectivity index is 1.80. The van der Waals surface area contributed by atoms with Crippen LogP contribution in [0.5, 0.6) is 0 Å². The number of nitrogens with zero attached hydrogens (tertiary/aromatic N) is 6. The molecule has 4 aromatic rings. The number of allylic oxidation sites excluding steroid dienone is 1. The van der Waals surface area contributed by atoms with Crippen molar-refractivity contribution in [2.75, 3.05) is 14.1 Å². The minimum absolute atomic E-state index is 0.172. The number of rotatable bonds is 5. The molecule has 0 bridgehead atoms. The minimum atomic E-state index is -0.172. The first kappa shape index (κ1) is 18.5. The number of pyridine rings is 1. The van der Waals surface area contributed by atoms with E-state index in [1.54, 1.807) is 34.1 Å². The molecular weight excluding hydrogens is 364 g/mol. The lowest BCUT2D eigenvalue weighted by Crippen LogP contribution is -2.13. The van der Waals surface area contributed by atoms with E-state index in [9.17, 15) is 4.79 Å². The van der Waals surface area contributed by atoms with Crippen molar-refractivity contribution in [2.24, 2.45) is 0 Å². The van der Waals surface area contributed by atoms with Crippen LogP contribution in [0.2, 0.25) is 0 Å². The number of carbonyl (C=O) groups excluding carboxylic acids is 1. The van der Waals surface area contributed by atoms with Crippen molar-refractivity contribution in [1.29, 1.82) is 0 Å². The van der Waals surface area contributed by atoms with Crippen LogP contribution >= 0.6 is 0 Å². The topological polar surface area (TPSA) is 76.8 Å². The van der Waals surface area contributed by atoms with Gasteiger partial charge in [-0.3, -0.25) is 9.78 Å². The molecule has 2 aromatic heterocycles. The summed E-state index contributed by atoms with van der Waals surface area (Å²) in [4.78, 5) is 19.6. The number of aromatic nitrogens is 5. The Morgan fingerprint density at radius 3 is 2.62 bits per heavy atom. The predicted molar refractivity (Wildman–Crippen MR) is 112 cm³/mol. The lowest BCUT2D eigenvalue weighted by atomic mass is 10.0. The molecule has 4 rings (SSSR count). The highest BCUT2D eigenvalue weighted by molar-refractivity contribution is 6.28. The Kier molecular flexibility index (Phi) is 4.87. The van der Waals surface area contributed by atoms with E-state index in [0.29, 0.717) is 17.0 Å². The van der Waals surface area contributed by atoms with Crippen LogP contribution in [-0.4, -0.2) is 50.0 Å². The molecule has 7 nitrogen and oxygen atoms in total. The van der Waals surface area contributed by atoms with Crippen LogP contribution in [0.4, 0.5) is 0 Å². The molecule has 0 radical (unpaired) electrons. The van der Waals surface area contributed by atoms with Gasteiger partial charge < -0.3 is 4.90 Å². The van der Waals surface area contributed by atoms with E-state index in [1.807, 2.05) is 63.5 Å². The minimum Gasteiger partial charge on any atom is -0.383 e. The summed E-state index contributed by atoms with van der Waals surface area (Å²) in [5.41, 5.74) is 3.61. The normalized spacial score (nSPS) is 11.6. The fourth-order valence-corrected chi connectivity index (χ4v) is 3.05. The fraction of sp³-hybridized carbons (Fsp3) is 0.136. The smallest absolute Gasteiger partial charge is 0.198 e. The van der Waals surface area contributed by atoms with Crippen molar-refractivity contribution in [2.45, 2.75) is 6.92 Å². The van der Waals surface area contributed by atoms with Crippen molar-refractivity contribution >= 4 is 22.3 Å². The zero-order chi connectivity index (χ0) is 20.4. The van der Waals surface area contributed by atoms with Gasteiger partial charge in [0.1, 0.15) is 0 Å². The summed E-state index contributed by atoms with van der Waals surface area (Å²) in [6, 6.07) is 17.1. The van der Waals surface area contributed by atoms with E-state index in [-0.39, 0.29) is 5.78 Å². The molecule has 0 aliphatic heterocycles. The molecule has 7 heteroatoms. The maximum Gasteiger partial charge on any atom is 0.198 e. The third-order valence-electron chi connectivity index (χ3n) is 4.49. The Labute approximate surface area is 168 Å². The van der Waals surface area contributed by atoms with Gasteiger partial charge >= 0.3 is 0 Å². The summed E-state index contributed by atoms with van der Waals surface area (Å²) in [5, 5.41) is 13.0. The number of benzene rings is 2. The Morgan fingerprint density at radius 2 is 1.86 bits per heavy atom. The second-order valence-corrected chi connectivity index (χ2v) is 7.00. The molecule has 29 heavy (non-hydrogen) atoms. The van der Waals surface area contributed by atoms with Gasteiger partial charge in [0.15, 0.2) is 11.6 Å². The number of carbonyl (C=O) groups is 1. The Morgan fingerprint density at radius 1 is 1.07 bits per heavy atom. The molecule has 0 aliphatic rings. The van der Waals surface area contributed by atoms with E-state index in [2.05, 4.69) is 20.5 Å². The Bertz CT molecular complexity index is 1210. The SMILES string of the molecule is Cc1ccc(-n2nnnc2C(=CN(C)C)C(=O)c2ccc3cccnc3c2)cc1. The third kappa shape index (κ3) is 3.75. The van der Waals surface area contributed by atoms with Crippen molar-refractivity contribution < 1.29 is 4.79 Å². The fourth-order valence-electron chi connectivity index (χ4n) is 3.05. The number of tetrazole rings is 1. The van der Waals surface area contributed by atoms with Gasteiger partial charge in [-0.15, -0.1) is 5.10 Å². The first-order chi connectivity index (χ1) is 14.0. The summed E-state index contributed by atoms with van der Waals surface area (Å²) < 4.78 is 1.58. The summed E-state index contributed by atoms with van der Waals surface area (Å²) in [6.07, 6.45) is 3.45. The quantitative estimate of drug-likeness (QED) is 0.388. The molecule has 0 spiro atoms. The average molecular weight is 384 g/mol. The van der Waals surface area contributed by atoms with Gasteiger partial charge in [0.25, 0.3) is 0 Å². The van der Waals surface area contributed by atoms with Crippen LogP contribution in [0, 0.1) is 6.92 Å². The molecule has 0 unspecified atom stereocenters. The number of ketones is 1. The monoisotopic (exact) mass is 384 g/mol. The summed E-state index contributed by atoms with van der Waals surface area (Å²) in [7, 11) is 3.71. The average Bonchev–Trinajstić information content (AvgIpc) is 3.21. The zero-order valence-corrected chi connectivity index (χ0v) is 16.4. The molecule has 0 fully saturated rings. The summed E-state index contributed by atoms with van der Waals surface area (Å²) in [6.45, 7) is 2.01. The van der Waals surface area contributed by atoms with Gasteiger partial charge in [0.05, 0.1) is 16.8 Å². The third-order valence-corrected chi connectivity index (χ3v) is 4.49. The zero-order valence-electron chi connectivity index (χ0n) is 16.4. The summed E-state index contributed by atoms with van der Waals surface area (Å²) >= 11 is 0. The lowest BCUT2D eigenvalue weighted by Gasteiger charge is -2.12. The van der Waals surface area contributed by atoms with Crippen LogP contribution < -0.4 is 0 Å². The van der Waals surface area contributed by atoms with Crippen LogP contribution in [-0.2, 0) is 0 Å². The molecule has 2 heterocycles. The second-order valence-electron chi connectivity index (χ2n) is 7.00. The van der Waals surface area contributed by atoms with E-state index in [1.165, 1.54) is 0 Å². The molecule has 0 saturated carbocycles. The van der Waals surface area contributed by atoms with Crippen LogP contribution in [0.25, 0.3) is 22.2 Å². The molecule has 0 aliphatic carbocycles. The standard InChI is InChI=1S/C22H20N6O/c1-15-6-10-18(11-7-15)28-22(24-25-26-28)19(14-27(2)3)21(29)17-9-8-16-5-4-12-23-20(16)13-17/h4-14H,1-3H3. The van der Waals surface area contributed by atoms with Gasteiger partial charge in [-0.1, -0.05) is 35.9 Å². The van der Waals surface area contributed by atoms with Crippen LogP contribution in [0.3, 0.4) is 0 Å². The van der Waals surface area contributed by atoms with E-state index in [0.717, 1.165) is 22.2 Å². The number of fused-ring (bicyclic) bond motifs is 1. The maximum atomic E-state index is 13.4. The molecule has 0 saturated heterocycles. The van der Waals surface area contributed by atoms with E-state index >= 15 is 0 Å². The lowest BCUT2D eigenvalue weighted by molar-refractivity contribution is 0.105. The molecule has 0 amide bonds. The van der Waals surface area contributed by atoms with Crippen molar-refractivity contribution in [3.63, 3.8) is 0 Å². The highest BCUT2D eigenvalue weighted by Crippen LogP contribution is 2.23. The largest absolute Gasteiger partial charge is 0.383 e. The van der Waals surface area contributed by atoms with Gasteiger partial charge in [-0.05, 0) is 41.6 Å². The first-order valence-electron chi connectivity index (χ1n) is 9.16. The second kappa shape index (κ2) is 7.63. The van der Waals surface area contributed by atoms with Crippen molar-refractivity contribution in [3.8, 4) is 5.69 Å². The number of hydrogen-bond acceptors (Lipinski definition) is 6. The van der Waals surface area contributed by atoms with Gasteiger partial charge in [-0.25, -0.2) is 0 Å². The number of aryl methyl sites for hydroxylation is 1. The number of Topliss-reactive ketones (excluding diaryl/α,β-unsaturated/α-hetero) is 1. The van der Waals surface area contributed by atoms with Crippen molar-refractivity contribution in [3.05, 3.63) is 83.9 Å². The number of hydrogen-bond donors (Lipinski definition) is 0. The summed E-state index contributed by atoms with van der Waals surface area (Å²) in [5.74, 6) is 0.211. The molecule has 0 N–H and O–H groups in total. The van der Waals surface area contributed by atoms with Gasteiger partial charge in [0, 0.05) is 37.4 Å². The highest BCUT2D eigenvalue weighted by Gasteiger charge is 2.22. The predicted octanol–water partition coefficient (Wildman–Crippen LogP) is 3.30. The molecule has 2 aromatic carbocycles. The maximum absolute atomic E-state index is 13.4. The molecular formula is C22H20N6O. The van der Waals surface area contributed by atoms with E-state index < -0.39 is 0 Å². The van der Waals surface area contributed by atoms with E-state index in [4.69, 9.17) is 0 Å². The van der Waals surface area contributed by atoms with Crippen LogP contribution in [0.15, 0.2) is 67.0 Å². The van der Waals surface area contributed by atoms with Gasteiger partial charge in [-0.2, -0.15) is 4.68 Å². The molecule has 144 valence electrons. The molecule has 0 atom stereocenters.